The molecular weight excluding hydrogens is 609 g/mol. The lowest BCUT2D eigenvalue weighted by atomic mass is 9.89. The predicted molar refractivity (Wildman–Crippen MR) is 182 cm³/mol. The SMILES string of the molecule is O=C(CCCc1cccs1)N1CCOC2(CCN(CCCCCCCCCNC[C@H](O)c3ccc(O)c4[nH]c(=O)sc34)CC2)C1. The van der Waals surface area contributed by atoms with Gasteiger partial charge in [0, 0.05) is 49.6 Å². The largest absolute Gasteiger partial charge is 0.506 e. The number of morpholine rings is 1. The fourth-order valence-electron chi connectivity index (χ4n) is 6.69. The van der Waals surface area contributed by atoms with E-state index in [1.165, 1.54) is 49.5 Å². The van der Waals surface area contributed by atoms with Crippen LogP contribution in [0.5, 0.6) is 5.75 Å². The lowest BCUT2D eigenvalue weighted by Gasteiger charge is -2.47. The van der Waals surface area contributed by atoms with E-state index >= 15 is 0 Å². The number of amides is 1. The number of thiazole rings is 1. The Morgan fingerprint density at radius 3 is 2.60 bits per heavy atom. The summed E-state index contributed by atoms with van der Waals surface area (Å²) in [5.41, 5.74) is 0.921. The highest BCUT2D eigenvalue weighted by Crippen LogP contribution is 2.32. The van der Waals surface area contributed by atoms with Crippen molar-refractivity contribution < 1.29 is 19.7 Å². The molecule has 3 aromatic rings. The van der Waals surface area contributed by atoms with Gasteiger partial charge in [-0.2, -0.15) is 0 Å². The van der Waals surface area contributed by atoms with Gasteiger partial charge in [0.15, 0.2) is 0 Å². The Morgan fingerprint density at radius 1 is 1.04 bits per heavy atom. The number of aliphatic hydroxyl groups excluding tert-OH is 1. The summed E-state index contributed by atoms with van der Waals surface area (Å²) in [7, 11) is 0. The van der Waals surface area contributed by atoms with E-state index in [2.05, 4.69) is 37.6 Å². The molecule has 2 aromatic heterocycles. The van der Waals surface area contributed by atoms with Crippen LogP contribution in [-0.2, 0) is 16.0 Å². The minimum atomic E-state index is -0.726. The van der Waals surface area contributed by atoms with Crippen LogP contribution in [0.3, 0.4) is 0 Å². The van der Waals surface area contributed by atoms with E-state index in [4.69, 9.17) is 4.74 Å². The van der Waals surface area contributed by atoms with Gasteiger partial charge in [0.1, 0.15) is 11.3 Å². The highest BCUT2D eigenvalue weighted by molar-refractivity contribution is 7.16. The van der Waals surface area contributed by atoms with Gasteiger partial charge in [-0.3, -0.25) is 9.59 Å². The molecule has 1 aromatic carbocycles. The molecule has 0 saturated carbocycles. The number of aromatic amines is 1. The quantitative estimate of drug-likeness (QED) is 0.143. The van der Waals surface area contributed by atoms with E-state index in [-0.39, 0.29) is 22.1 Å². The highest BCUT2D eigenvalue weighted by atomic mass is 32.1. The minimum Gasteiger partial charge on any atom is -0.506 e. The van der Waals surface area contributed by atoms with Gasteiger partial charge in [0.25, 0.3) is 0 Å². The monoisotopic (exact) mass is 658 g/mol. The lowest BCUT2D eigenvalue weighted by Crippen LogP contribution is -2.58. The van der Waals surface area contributed by atoms with Crippen LogP contribution in [0.4, 0.5) is 0 Å². The van der Waals surface area contributed by atoms with Crippen molar-refractivity contribution in [3.8, 4) is 5.75 Å². The number of piperidine rings is 1. The average Bonchev–Trinajstić information content (AvgIpc) is 3.71. The van der Waals surface area contributed by atoms with Gasteiger partial charge < -0.3 is 35.1 Å². The molecule has 1 amide bonds. The molecular formula is C34H50N4O5S2. The van der Waals surface area contributed by atoms with E-state index in [1.807, 2.05) is 0 Å². The Labute approximate surface area is 274 Å². The zero-order valence-corrected chi connectivity index (χ0v) is 28.1. The molecule has 9 nitrogen and oxygen atoms in total. The molecule has 45 heavy (non-hydrogen) atoms. The number of carbonyl (C=O) groups excluding carboxylic acids is 1. The molecule has 2 saturated heterocycles. The number of rotatable bonds is 17. The molecule has 0 unspecified atom stereocenters. The van der Waals surface area contributed by atoms with Gasteiger partial charge >= 0.3 is 4.87 Å². The van der Waals surface area contributed by atoms with Crippen molar-refractivity contribution in [1.82, 2.24) is 20.1 Å². The van der Waals surface area contributed by atoms with E-state index in [1.54, 1.807) is 17.4 Å². The van der Waals surface area contributed by atoms with Crippen molar-refractivity contribution in [3.05, 3.63) is 49.8 Å². The van der Waals surface area contributed by atoms with Gasteiger partial charge in [-0.05, 0) is 69.1 Å². The zero-order valence-electron chi connectivity index (χ0n) is 26.4. The zero-order chi connectivity index (χ0) is 31.5. The topological polar surface area (TPSA) is 118 Å². The Morgan fingerprint density at radius 2 is 1.82 bits per heavy atom. The molecule has 0 bridgehead atoms. The summed E-state index contributed by atoms with van der Waals surface area (Å²) in [5, 5.41) is 26.0. The van der Waals surface area contributed by atoms with E-state index in [0.717, 1.165) is 82.7 Å². The number of phenols is 1. The number of thiophene rings is 1. The number of hydrogen-bond donors (Lipinski definition) is 4. The summed E-state index contributed by atoms with van der Waals surface area (Å²) in [6.45, 7) is 6.69. The van der Waals surface area contributed by atoms with Crippen LogP contribution in [0.2, 0.25) is 0 Å². The number of aryl methyl sites for hydroxylation is 1. The van der Waals surface area contributed by atoms with Crippen molar-refractivity contribution in [3.63, 3.8) is 0 Å². The van der Waals surface area contributed by atoms with Crippen molar-refractivity contribution in [1.29, 1.82) is 0 Å². The standard InChI is InChI=1S/C34H50N4O5S2/c39-28-14-13-27(32-31(28)36-33(42)45-32)29(40)24-35-17-6-4-2-1-3-5-7-18-37-19-15-34(16-20-37)25-38(21-22-43-34)30(41)12-8-10-26-11-9-23-44-26/h9,11,13-14,23,29,35,39-40H,1-8,10,12,15-22,24-25H2,(H,36,42)/t29-/m0/s1. The molecule has 0 aliphatic carbocycles. The fraction of sp³-hybridized carbons (Fsp3) is 0.647. The van der Waals surface area contributed by atoms with Gasteiger partial charge in [-0.25, -0.2) is 0 Å². The highest BCUT2D eigenvalue weighted by Gasteiger charge is 2.40. The number of fused-ring (bicyclic) bond motifs is 1. The van der Waals surface area contributed by atoms with Gasteiger partial charge in [0.05, 0.1) is 23.0 Å². The summed E-state index contributed by atoms with van der Waals surface area (Å²) < 4.78 is 6.92. The Bertz CT molecular complexity index is 1380. The van der Waals surface area contributed by atoms with Gasteiger partial charge in [0.2, 0.25) is 5.91 Å². The predicted octanol–water partition coefficient (Wildman–Crippen LogP) is 5.43. The summed E-state index contributed by atoms with van der Waals surface area (Å²) in [6, 6.07) is 7.44. The van der Waals surface area contributed by atoms with Crippen molar-refractivity contribution in [2.45, 2.75) is 88.8 Å². The first-order valence-corrected chi connectivity index (χ1v) is 18.5. The number of carbonyl (C=O) groups is 1. The number of aromatic nitrogens is 1. The number of benzene rings is 1. The second-order valence-corrected chi connectivity index (χ2v) is 14.7. The van der Waals surface area contributed by atoms with E-state index < -0.39 is 6.10 Å². The van der Waals surface area contributed by atoms with Crippen LogP contribution in [0.15, 0.2) is 34.4 Å². The summed E-state index contributed by atoms with van der Waals surface area (Å²) in [4.78, 5) is 33.0. The number of likely N-dealkylation sites (tertiary alicyclic amines) is 1. The molecule has 4 N–H and O–H groups in total. The maximum Gasteiger partial charge on any atom is 0.305 e. The van der Waals surface area contributed by atoms with E-state index in [9.17, 15) is 19.8 Å². The minimum absolute atomic E-state index is 0.0274. The maximum atomic E-state index is 12.9. The number of nitrogens with zero attached hydrogens (tertiary/aromatic N) is 2. The third-order valence-corrected chi connectivity index (χ3v) is 11.2. The third-order valence-electron chi connectivity index (χ3n) is 9.37. The summed E-state index contributed by atoms with van der Waals surface area (Å²) >= 11 is 2.79. The molecule has 248 valence electrons. The molecule has 2 aliphatic heterocycles. The average molecular weight is 659 g/mol. The third kappa shape index (κ3) is 9.86. The lowest BCUT2D eigenvalue weighted by molar-refractivity contribution is -0.159. The summed E-state index contributed by atoms with van der Waals surface area (Å²) in [6.07, 6.45) is 12.4. The van der Waals surface area contributed by atoms with Crippen LogP contribution in [0.1, 0.15) is 87.2 Å². The molecule has 1 spiro atoms. The molecule has 11 heteroatoms. The van der Waals surface area contributed by atoms with E-state index in [0.29, 0.717) is 35.4 Å². The normalized spacial score (nSPS) is 17.8. The van der Waals surface area contributed by atoms with Crippen LogP contribution in [-0.4, -0.2) is 88.9 Å². The molecule has 2 aliphatic rings. The number of unbranched alkanes of at least 4 members (excludes halogenated alkanes) is 6. The van der Waals surface area contributed by atoms with Gasteiger partial charge in [-0.15, -0.1) is 11.3 Å². The van der Waals surface area contributed by atoms with Crippen molar-refractivity contribution in [2.24, 2.45) is 0 Å². The number of hydrogen-bond acceptors (Lipinski definition) is 9. The van der Waals surface area contributed by atoms with Crippen molar-refractivity contribution >= 4 is 38.8 Å². The first-order chi connectivity index (χ1) is 21.9. The number of aliphatic hydroxyl groups is 1. The second kappa shape index (κ2) is 17.0. The van der Waals surface area contributed by atoms with Crippen LogP contribution < -0.4 is 10.2 Å². The molecule has 2 fully saturated rings. The molecule has 5 rings (SSSR count). The van der Waals surface area contributed by atoms with Crippen LogP contribution in [0.25, 0.3) is 10.2 Å². The number of H-pyrrole nitrogens is 1. The second-order valence-electron chi connectivity index (χ2n) is 12.7. The maximum absolute atomic E-state index is 12.9. The smallest absolute Gasteiger partial charge is 0.305 e. The number of ether oxygens (including phenoxy) is 1. The Hall–Kier alpha value is -2.28. The van der Waals surface area contributed by atoms with Crippen molar-refractivity contribution in [2.75, 3.05) is 52.4 Å². The Kier molecular flexibility index (Phi) is 12.9. The van der Waals surface area contributed by atoms with Crippen LogP contribution in [0, 0.1) is 0 Å². The fourth-order valence-corrected chi connectivity index (χ4v) is 8.36. The van der Waals surface area contributed by atoms with Gasteiger partial charge in [-0.1, -0.05) is 55.6 Å². The number of phenolic OH excluding ortho intramolecular Hbond substituents is 1. The molecule has 0 radical (unpaired) electrons. The summed E-state index contributed by atoms with van der Waals surface area (Å²) in [5.74, 6) is 0.316. The first-order valence-electron chi connectivity index (χ1n) is 16.8. The first kappa shape index (κ1) is 34.1. The number of aromatic hydroxyl groups is 1. The Balaban J connectivity index is 0.864. The molecule has 1 atom stereocenters. The molecule has 4 heterocycles. The van der Waals surface area contributed by atoms with Crippen LogP contribution >= 0.6 is 22.7 Å². The number of nitrogens with one attached hydrogen (secondary N) is 2.